The van der Waals surface area contributed by atoms with Crippen molar-refractivity contribution in [3.05, 3.63) is 41.5 Å². The summed E-state index contributed by atoms with van der Waals surface area (Å²) in [6.45, 7) is 6.70. The molecule has 1 N–H and O–H groups in total. The highest BCUT2D eigenvalue weighted by Crippen LogP contribution is 2.16. The van der Waals surface area contributed by atoms with Gasteiger partial charge in [-0.05, 0) is 18.6 Å². The predicted molar refractivity (Wildman–Crippen MR) is 81.5 cm³/mol. The number of ether oxygens (including phenoxy) is 1. The van der Waals surface area contributed by atoms with Crippen LogP contribution in [-0.4, -0.2) is 32.6 Å². The molecule has 0 fully saturated rings. The van der Waals surface area contributed by atoms with Crippen LogP contribution >= 0.6 is 0 Å². The van der Waals surface area contributed by atoms with Gasteiger partial charge in [-0.3, -0.25) is 0 Å². The Kier molecular flexibility index (Phi) is 5.33. The number of benzene rings is 1. The van der Waals surface area contributed by atoms with Crippen LogP contribution in [0.3, 0.4) is 0 Å². The molecule has 114 valence electrons. The number of aromatic nitrogens is 3. The number of aliphatic hydroxyl groups is 1. The Morgan fingerprint density at radius 2 is 2.00 bits per heavy atom. The molecule has 0 aliphatic heterocycles. The third-order valence-electron chi connectivity index (χ3n) is 3.33. The molecule has 0 radical (unpaired) electrons. The second-order valence-corrected chi connectivity index (χ2v) is 5.06. The van der Waals surface area contributed by atoms with Crippen LogP contribution in [0.2, 0.25) is 0 Å². The summed E-state index contributed by atoms with van der Waals surface area (Å²) >= 11 is 0. The fraction of sp³-hybridized carbons (Fsp3) is 0.500. The molecule has 1 aromatic heterocycles. The van der Waals surface area contributed by atoms with Crippen molar-refractivity contribution >= 4 is 0 Å². The van der Waals surface area contributed by atoms with Crippen LogP contribution in [0.4, 0.5) is 0 Å². The Morgan fingerprint density at radius 1 is 1.24 bits per heavy atom. The van der Waals surface area contributed by atoms with Crippen molar-refractivity contribution in [2.24, 2.45) is 0 Å². The molecule has 0 saturated heterocycles. The second-order valence-electron chi connectivity index (χ2n) is 5.06. The van der Waals surface area contributed by atoms with Crippen molar-refractivity contribution in [1.29, 1.82) is 0 Å². The molecule has 5 heteroatoms. The lowest BCUT2D eigenvalue weighted by Crippen LogP contribution is -2.25. The minimum atomic E-state index is -0.610. The third kappa shape index (κ3) is 4.04. The summed E-state index contributed by atoms with van der Waals surface area (Å²) in [5.74, 6) is 2.53. The molecule has 0 bridgehead atoms. The molecule has 1 atom stereocenters. The normalized spacial score (nSPS) is 12.4. The van der Waals surface area contributed by atoms with Crippen molar-refractivity contribution in [3.8, 4) is 5.75 Å². The van der Waals surface area contributed by atoms with E-state index in [0.717, 1.165) is 35.8 Å². The highest BCUT2D eigenvalue weighted by Gasteiger charge is 2.13. The third-order valence-corrected chi connectivity index (χ3v) is 3.33. The molecule has 21 heavy (non-hydrogen) atoms. The first kappa shape index (κ1) is 15.5. The van der Waals surface area contributed by atoms with Gasteiger partial charge in [0.2, 0.25) is 0 Å². The maximum absolute atomic E-state index is 10.1. The fourth-order valence-electron chi connectivity index (χ4n) is 2.14. The summed E-state index contributed by atoms with van der Waals surface area (Å²) in [5.41, 5.74) is 1.06. The van der Waals surface area contributed by atoms with Gasteiger partial charge in [0, 0.05) is 12.8 Å². The van der Waals surface area contributed by atoms with E-state index in [1.54, 1.807) is 4.68 Å². The zero-order valence-electron chi connectivity index (χ0n) is 12.9. The quantitative estimate of drug-likeness (QED) is 0.848. The monoisotopic (exact) mass is 289 g/mol. The van der Waals surface area contributed by atoms with Crippen LogP contribution < -0.4 is 4.74 Å². The van der Waals surface area contributed by atoms with E-state index in [4.69, 9.17) is 4.74 Å². The maximum Gasteiger partial charge on any atom is 0.150 e. The van der Waals surface area contributed by atoms with Crippen molar-refractivity contribution < 1.29 is 9.84 Å². The van der Waals surface area contributed by atoms with Crippen LogP contribution in [0.25, 0.3) is 0 Å². The van der Waals surface area contributed by atoms with E-state index in [2.05, 4.69) is 10.1 Å². The van der Waals surface area contributed by atoms with Crippen LogP contribution in [0, 0.1) is 6.92 Å². The maximum atomic E-state index is 10.1. The summed E-state index contributed by atoms with van der Waals surface area (Å²) in [7, 11) is 0. The first-order valence-corrected chi connectivity index (χ1v) is 7.43. The minimum absolute atomic E-state index is 0.245. The molecular weight excluding hydrogens is 266 g/mol. The minimum Gasteiger partial charge on any atom is -0.491 e. The lowest BCUT2D eigenvalue weighted by molar-refractivity contribution is 0.0880. The van der Waals surface area contributed by atoms with Crippen LogP contribution in [0.1, 0.15) is 31.1 Å². The Bertz CT molecular complexity index is 581. The Hall–Kier alpha value is -1.88. The van der Waals surface area contributed by atoms with Crippen LogP contribution in [0.15, 0.2) is 24.3 Å². The summed E-state index contributed by atoms with van der Waals surface area (Å²) in [5, 5.41) is 14.5. The van der Waals surface area contributed by atoms with E-state index in [1.807, 2.05) is 45.0 Å². The summed E-state index contributed by atoms with van der Waals surface area (Å²) < 4.78 is 7.45. The number of aryl methyl sites for hydroxylation is 3. The molecule has 1 unspecified atom stereocenters. The van der Waals surface area contributed by atoms with Gasteiger partial charge < -0.3 is 9.84 Å². The molecule has 0 spiro atoms. The van der Waals surface area contributed by atoms with Gasteiger partial charge >= 0.3 is 0 Å². The molecule has 0 aliphatic rings. The molecule has 1 aromatic carbocycles. The van der Waals surface area contributed by atoms with Gasteiger partial charge in [0.05, 0.1) is 6.54 Å². The molecular formula is C16H23N3O2. The molecule has 5 nitrogen and oxygen atoms in total. The van der Waals surface area contributed by atoms with Gasteiger partial charge in [-0.15, -0.1) is 0 Å². The SMILES string of the molecule is CCc1nc(CC)n(CC(O)COc2ccccc2C)n1. The zero-order chi connectivity index (χ0) is 15.2. The number of para-hydroxylation sites is 1. The van der Waals surface area contributed by atoms with Crippen molar-refractivity contribution in [1.82, 2.24) is 14.8 Å². The van der Waals surface area contributed by atoms with Gasteiger partial charge in [-0.2, -0.15) is 5.10 Å². The number of rotatable bonds is 7. The van der Waals surface area contributed by atoms with Gasteiger partial charge in [-0.25, -0.2) is 9.67 Å². The van der Waals surface area contributed by atoms with Gasteiger partial charge in [0.15, 0.2) is 5.82 Å². The average Bonchev–Trinajstić information content (AvgIpc) is 2.88. The first-order valence-electron chi connectivity index (χ1n) is 7.43. The number of hydrogen-bond donors (Lipinski definition) is 1. The second kappa shape index (κ2) is 7.22. The van der Waals surface area contributed by atoms with Crippen LogP contribution in [-0.2, 0) is 19.4 Å². The number of nitrogens with zero attached hydrogens (tertiary/aromatic N) is 3. The number of hydrogen-bond acceptors (Lipinski definition) is 4. The molecule has 0 aliphatic carbocycles. The largest absolute Gasteiger partial charge is 0.491 e. The smallest absolute Gasteiger partial charge is 0.150 e. The average molecular weight is 289 g/mol. The topological polar surface area (TPSA) is 60.2 Å². The Morgan fingerprint density at radius 3 is 2.67 bits per heavy atom. The van der Waals surface area contributed by atoms with Gasteiger partial charge in [0.1, 0.15) is 24.3 Å². The summed E-state index contributed by atoms with van der Waals surface area (Å²) in [4.78, 5) is 4.43. The van der Waals surface area contributed by atoms with E-state index in [-0.39, 0.29) is 6.61 Å². The van der Waals surface area contributed by atoms with Gasteiger partial charge in [0.25, 0.3) is 0 Å². The standard InChI is InChI=1S/C16H23N3O2/c1-4-15-17-16(5-2)19(18-15)10-13(20)11-21-14-9-7-6-8-12(14)3/h6-9,13,20H,4-5,10-11H2,1-3H3. The summed E-state index contributed by atoms with van der Waals surface area (Å²) in [6, 6.07) is 7.79. The molecule has 2 aromatic rings. The van der Waals surface area contributed by atoms with E-state index in [0.29, 0.717) is 6.54 Å². The Labute approximate surface area is 125 Å². The molecule has 2 rings (SSSR count). The van der Waals surface area contributed by atoms with E-state index >= 15 is 0 Å². The summed E-state index contributed by atoms with van der Waals surface area (Å²) in [6.07, 6.45) is 0.995. The van der Waals surface area contributed by atoms with E-state index in [1.165, 1.54) is 0 Å². The highest BCUT2D eigenvalue weighted by atomic mass is 16.5. The zero-order valence-corrected chi connectivity index (χ0v) is 12.9. The van der Waals surface area contributed by atoms with Crippen molar-refractivity contribution in [2.75, 3.05) is 6.61 Å². The molecule has 0 saturated carbocycles. The predicted octanol–water partition coefficient (Wildman–Crippen LogP) is 2.15. The van der Waals surface area contributed by atoms with Crippen molar-refractivity contribution in [2.45, 2.75) is 46.3 Å². The molecule has 1 heterocycles. The lowest BCUT2D eigenvalue weighted by Gasteiger charge is -2.14. The fourth-order valence-corrected chi connectivity index (χ4v) is 2.14. The highest BCUT2D eigenvalue weighted by molar-refractivity contribution is 5.31. The van der Waals surface area contributed by atoms with E-state index < -0.39 is 6.10 Å². The van der Waals surface area contributed by atoms with Crippen molar-refractivity contribution in [3.63, 3.8) is 0 Å². The number of aliphatic hydroxyl groups excluding tert-OH is 1. The van der Waals surface area contributed by atoms with E-state index in [9.17, 15) is 5.11 Å². The van der Waals surface area contributed by atoms with Gasteiger partial charge in [-0.1, -0.05) is 32.0 Å². The first-order chi connectivity index (χ1) is 10.1. The van der Waals surface area contributed by atoms with Crippen LogP contribution in [0.5, 0.6) is 5.75 Å². The Balaban J connectivity index is 1.94. The molecule has 0 amide bonds. The lowest BCUT2D eigenvalue weighted by atomic mass is 10.2.